The van der Waals surface area contributed by atoms with E-state index in [2.05, 4.69) is 11.2 Å². The number of hydrogen-bond acceptors (Lipinski definition) is 2. The van der Waals surface area contributed by atoms with Crippen LogP contribution in [0.4, 0.5) is 0 Å². The summed E-state index contributed by atoms with van der Waals surface area (Å²) in [7, 11) is 0.958. The minimum absolute atomic E-state index is 0.431. The van der Waals surface area contributed by atoms with Crippen molar-refractivity contribution in [3.05, 3.63) is 0 Å². The van der Waals surface area contributed by atoms with Crippen LogP contribution in [0.15, 0.2) is 0 Å². The molecule has 0 spiro atoms. The van der Waals surface area contributed by atoms with Crippen LogP contribution in [0, 0.1) is 0 Å². The lowest BCUT2D eigenvalue weighted by molar-refractivity contribution is -0.111. The highest BCUT2D eigenvalue weighted by molar-refractivity contribution is 8.17. The molecule has 0 rings (SSSR count). The summed E-state index contributed by atoms with van der Waals surface area (Å²) in [6.45, 7) is 1.60. The van der Waals surface area contributed by atoms with Crippen molar-refractivity contribution in [2.75, 3.05) is 0 Å². The number of carbonyl (C=O) groups is 1. The second-order valence-electron chi connectivity index (χ2n) is 1.00. The summed E-state index contributed by atoms with van der Waals surface area (Å²) in [6, 6.07) is 0. The van der Waals surface area contributed by atoms with E-state index in [-0.39, 0.29) is 0 Å². The summed E-state index contributed by atoms with van der Waals surface area (Å²) >= 11 is 4.43. The molecule has 0 saturated carbocycles. The molecule has 2 nitrogen and oxygen atoms in total. The first-order valence-electron chi connectivity index (χ1n) is 1.61. The largest absolute Gasteiger partial charge is 0.365 e. The highest BCUT2D eigenvalue weighted by atomic mass is 32.8. The molecule has 0 aromatic rings. The quantitative estimate of drug-likeness (QED) is 0.479. The molecule has 1 amide bonds. The van der Waals surface area contributed by atoms with Crippen molar-refractivity contribution in [2.45, 2.75) is 6.92 Å². The van der Waals surface area contributed by atoms with Crippen LogP contribution in [0.1, 0.15) is 6.92 Å². The topological polar surface area (TPSA) is 43.1 Å². The molecule has 0 aliphatic carbocycles. The van der Waals surface area contributed by atoms with Gasteiger partial charge < -0.3 is 5.73 Å². The summed E-state index contributed by atoms with van der Waals surface area (Å²) in [6.07, 6.45) is 0. The molecular formula is C3H5NOS2. The van der Waals surface area contributed by atoms with Crippen molar-refractivity contribution in [3.8, 4) is 0 Å². The smallest absolute Gasteiger partial charge is 0.255 e. The molecule has 0 unspecified atom stereocenters. The maximum absolute atomic E-state index is 10.0. The molecule has 2 N–H and O–H groups in total. The summed E-state index contributed by atoms with van der Waals surface area (Å²) in [5.41, 5.74) is 4.78. The van der Waals surface area contributed by atoms with Crippen molar-refractivity contribution < 1.29 is 4.79 Å². The van der Waals surface area contributed by atoms with Crippen molar-refractivity contribution >= 4 is 31.9 Å². The van der Waals surface area contributed by atoms with Crippen molar-refractivity contribution in [2.24, 2.45) is 5.73 Å². The van der Waals surface area contributed by atoms with Crippen LogP contribution in [-0.2, 0) is 25.9 Å². The third-order valence-corrected chi connectivity index (χ3v) is 1.67. The minimum atomic E-state index is -0.431. The maximum atomic E-state index is 10.0. The molecule has 0 aromatic heterocycles. The average molecular weight is 135 g/mol. The molecule has 7 heavy (non-hydrogen) atoms. The van der Waals surface area contributed by atoms with E-state index in [0.29, 0.717) is 4.86 Å². The molecule has 0 atom stereocenters. The molecule has 0 saturated heterocycles. The molecule has 0 radical (unpaired) electrons. The fraction of sp³-hybridized carbons (Fsp3) is 0.333. The van der Waals surface area contributed by atoms with Gasteiger partial charge in [-0.3, -0.25) is 4.79 Å². The predicted octanol–water partition coefficient (Wildman–Crippen LogP) is -0.792. The summed E-state index contributed by atoms with van der Waals surface area (Å²) in [5.74, 6) is -0.431. The first kappa shape index (κ1) is 6.78. The number of amides is 1. The van der Waals surface area contributed by atoms with Crippen molar-refractivity contribution in [3.63, 3.8) is 0 Å². The van der Waals surface area contributed by atoms with Gasteiger partial charge in [0.05, 0.1) is 4.86 Å². The van der Waals surface area contributed by atoms with Gasteiger partial charge in [-0.05, 0) is 18.1 Å². The number of nitrogens with two attached hydrogens (primary N) is 1. The Labute approximate surface area is 49.9 Å². The van der Waals surface area contributed by atoms with Crippen molar-refractivity contribution in [1.29, 1.82) is 0 Å². The zero-order chi connectivity index (χ0) is 5.86. The third kappa shape index (κ3) is 2.47. The zero-order valence-electron chi connectivity index (χ0n) is 3.80. The lowest BCUT2D eigenvalue weighted by Gasteiger charge is -1.80. The van der Waals surface area contributed by atoms with Gasteiger partial charge in [-0.15, -0.1) is 0 Å². The highest BCUT2D eigenvalue weighted by Gasteiger charge is 1.91. The van der Waals surface area contributed by atoms with E-state index in [0.717, 1.165) is 9.91 Å². The molecule has 0 aliphatic rings. The highest BCUT2D eigenvalue weighted by Crippen LogP contribution is 1.61. The number of primary amides is 1. The molecule has 0 fully saturated rings. The Morgan fingerprint density at radius 3 is 2.29 bits per heavy atom. The van der Waals surface area contributed by atoms with Crippen LogP contribution in [0.2, 0.25) is 0 Å². The molecule has 0 aromatic carbocycles. The molecule has 0 bridgehead atoms. The SMILES string of the molecule is CC(=S=S)C(N)=O. The van der Waals surface area contributed by atoms with Gasteiger partial charge in [-0.25, -0.2) is 0 Å². The normalized spacial score (nSPS) is 7.57. The Bertz CT molecular complexity index is 136. The fourth-order valence-electron chi connectivity index (χ4n) is 0.0411. The van der Waals surface area contributed by atoms with Gasteiger partial charge in [0, 0.05) is 0 Å². The van der Waals surface area contributed by atoms with Crippen LogP contribution < -0.4 is 5.73 Å². The van der Waals surface area contributed by atoms with Crippen LogP contribution in [0.3, 0.4) is 0 Å². The Kier molecular flexibility index (Phi) is 2.78. The van der Waals surface area contributed by atoms with Gasteiger partial charge in [0.25, 0.3) is 5.91 Å². The standard InChI is InChI=1S/C3H5NOS2/c1-2(7-6)3(4)5/h1H3,(H2,4,5). The molecule has 40 valence electrons. The number of carbonyl (C=O) groups excluding carboxylic acids is 1. The van der Waals surface area contributed by atoms with E-state index in [1.165, 1.54) is 0 Å². The zero-order valence-corrected chi connectivity index (χ0v) is 5.44. The third-order valence-electron chi connectivity index (χ3n) is 0.472. The van der Waals surface area contributed by atoms with Gasteiger partial charge in [0.2, 0.25) is 0 Å². The van der Waals surface area contributed by atoms with Gasteiger partial charge in [-0.1, -0.05) is 9.91 Å². The van der Waals surface area contributed by atoms with E-state index in [1.54, 1.807) is 6.92 Å². The summed E-state index contributed by atoms with van der Waals surface area (Å²) < 4.78 is 0. The van der Waals surface area contributed by atoms with E-state index in [9.17, 15) is 4.79 Å². The van der Waals surface area contributed by atoms with Crippen LogP contribution in [0.25, 0.3) is 0 Å². The summed E-state index contributed by atoms with van der Waals surface area (Å²) in [4.78, 5) is 10.5. The Hall–Kier alpha value is -0.220. The van der Waals surface area contributed by atoms with E-state index >= 15 is 0 Å². The lowest BCUT2D eigenvalue weighted by Crippen LogP contribution is -2.19. The summed E-state index contributed by atoms with van der Waals surface area (Å²) in [5, 5.41) is 0. The fourth-order valence-corrected chi connectivity index (χ4v) is 0.370. The molecule has 0 heterocycles. The Balaban J connectivity index is 4.10. The van der Waals surface area contributed by atoms with Gasteiger partial charge in [-0.2, -0.15) is 0 Å². The van der Waals surface area contributed by atoms with Gasteiger partial charge >= 0.3 is 0 Å². The van der Waals surface area contributed by atoms with E-state index in [1.807, 2.05) is 0 Å². The average Bonchev–Trinajstić information content (AvgIpc) is 1.65. The predicted molar refractivity (Wildman–Crippen MR) is 34.6 cm³/mol. The number of hydrogen-bond donors (Lipinski definition) is 1. The first-order valence-corrected chi connectivity index (χ1v) is 3.36. The van der Waals surface area contributed by atoms with Gasteiger partial charge in [0.1, 0.15) is 0 Å². The van der Waals surface area contributed by atoms with Crippen LogP contribution in [0.5, 0.6) is 0 Å². The monoisotopic (exact) mass is 135 g/mol. The lowest BCUT2D eigenvalue weighted by atomic mass is 10.5. The molecule has 0 aliphatic heterocycles. The van der Waals surface area contributed by atoms with Crippen molar-refractivity contribution in [1.82, 2.24) is 0 Å². The molecule has 4 heteroatoms. The Morgan fingerprint density at radius 1 is 1.86 bits per heavy atom. The van der Waals surface area contributed by atoms with Crippen LogP contribution >= 0.6 is 0 Å². The van der Waals surface area contributed by atoms with E-state index in [4.69, 9.17) is 5.73 Å². The number of rotatable bonds is 1. The molecular weight excluding hydrogens is 130 g/mol. The maximum Gasteiger partial charge on any atom is 0.255 e. The second-order valence-corrected chi connectivity index (χ2v) is 2.28. The first-order chi connectivity index (χ1) is 3.18. The second kappa shape index (κ2) is 2.87. The van der Waals surface area contributed by atoms with E-state index < -0.39 is 5.91 Å². The van der Waals surface area contributed by atoms with Gasteiger partial charge in [0.15, 0.2) is 0 Å². The minimum Gasteiger partial charge on any atom is -0.365 e. The van der Waals surface area contributed by atoms with Crippen LogP contribution in [-0.4, -0.2) is 10.8 Å². The Morgan fingerprint density at radius 2 is 2.29 bits per heavy atom.